The van der Waals surface area contributed by atoms with Gasteiger partial charge in [0, 0.05) is 22.6 Å². The van der Waals surface area contributed by atoms with E-state index < -0.39 is 0 Å². The van der Waals surface area contributed by atoms with Gasteiger partial charge in [0.05, 0.1) is 18.5 Å². The van der Waals surface area contributed by atoms with E-state index in [0.29, 0.717) is 16.4 Å². The molecule has 128 valence electrons. The monoisotopic (exact) mass is 355 g/mol. The smallest absolute Gasteiger partial charge is 0.203 e. The second-order valence-electron chi connectivity index (χ2n) is 5.28. The summed E-state index contributed by atoms with van der Waals surface area (Å²) in [5, 5.41) is 26.0. The highest BCUT2D eigenvalue weighted by Gasteiger charge is 2.07. The lowest BCUT2D eigenvalue weighted by Gasteiger charge is -2.04. The number of hydrogen-bond acceptors (Lipinski definition) is 7. The normalized spacial score (nSPS) is 11.4. The first kappa shape index (κ1) is 16.8. The number of nitrogens with zero attached hydrogens (tertiary/aromatic N) is 2. The molecule has 1 aromatic heterocycles. The average Bonchev–Trinajstić information content (AvgIpc) is 3.09. The molecule has 0 aliphatic rings. The van der Waals surface area contributed by atoms with Gasteiger partial charge in [-0.1, -0.05) is 0 Å². The maximum atomic E-state index is 9.86. The first-order chi connectivity index (χ1) is 12.1. The van der Waals surface area contributed by atoms with Crippen molar-refractivity contribution in [1.29, 1.82) is 0 Å². The fourth-order valence-electron chi connectivity index (χ4n) is 2.24. The zero-order valence-electron chi connectivity index (χ0n) is 13.7. The number of aromatic hydroxyl groups is 2. The van der Waals surface area contributed by atoms with Crippen molar-refractivity contribution in [2.45, 2.75) is 6.92 Å². The Morgan fingerprint density at radius 1 is 1.16 bits per heavy atom. The van der Waals surface area contributed by atoms with E-state index in [-0.39, 0.29) is 11.5 Å². The molecular formula is C18H17N3O3S. The topological polar surface area (TPSA) is 87.0 Å². The van der Waals surface area contributed by atoms with Crippen molar-refractivity contribution in [1.82, 2.24) is 4.98 Å². The Labute approximate surface area is 149 Å². The summed E-state index contributed by atoms with van der Waals surface area (Å²) >= 11 is 1.44. The molecule has 3 N–H and O–H groups in total. The van der Waals surface area contributed by atoms with E-state index >= 15 is 0 Å². The molecule has 1 heterocycles. The standard InChI is InChI=1S/C18H17N3O3S/c1-11(15-8-5-13(22)9-17(15)23)20-21-18-19-16(10-25-18)12-3-6-14(24-2)7-4-12/h3-10,22-23H,1-2H3,(H,19,21)/b20-11+. The Hall–Kier alpha value is -3.06. The summed E-state index contributed by atoms with van der Waals surface area (Å²) in [7, 11) is 1.63. The summed E-state index contributed by atoms with van der Waals surface area (Å²) in [5.74, 6) is 0.776. The number of hydrazone groups is 1. The van der Waals surface area contributed by atoms with Crippen LogP contribution in [0.15, 0.2) is 52.9 Å². The molecule has 0 saturated carbocycles. The Balaban J connectivity index is 1.74. The van der Waals surface area contributed by atoms with E-state index in [4.69, 9.17) is 4.74 Å². The summed E-state index contributed by atoms with van der Waals surface area (Å²) in [6.07, 6.45) is 0. The number of methoxy groups -OCH3 is 1. The third-order valence-electron chi connectivity index (χ3n) is 3.58. The molecule has 3 rings (SSSR count). The third kappa shape index (κ3) is 3.89. The molecule has 6 nitrogen and oxygen atoms in total. The van der Waals surface area contributed by atoms with Gasteiger partial charge in [-0.3, -0.25) is 5.43 Å². The largest absolute Gasteiger partial charge is 0.508 e. The van der Waals surface area contributed by atoms with Gasteiger partial charge < -0.3 is 14.9 Å². The maximum absolute atomic E-state index is 9.86. The van der Waals surface area contributed by atoms with Crippen LogP contribution in [0.1, 0.15) is 12.5 Å². The molecule has 3 aromatic rings. The summed E-state index contributed by atoms with van der Waals surface area (Å²) in [4.78, 5) is 4.50. The highest BCUT2D eigenvalue weighted by Crippen LogP contribution is 2.27. The minimum absolute atomic E-state index is 0.00562. The second-order valence-corrected chi connectivity index (χ2v) is 6.13. The van der Waals surface area contributed by atoms with Crippen LogP contribution in [0.5, 0.6) is 17.2 Å². The molecule has 0 aliphatic carbocycles. The summed E-state index contributed by atoms with van der Waals surface area (Å²) < 4.78 is 5.15. The van der Waals surface area contributed by atoms with Gasteiger partial charge in [-0.05, 0) is 43.3 Å². The number of benzene rings is 2. The van der Waals surface area contributed by atoms with Crippen LogP contribution in [0.3, 0.4) is 0 Å². The van der Waals surface area contributed by atoms with Crippen LogP contribution in [0.25, 0.3) is 11.3 Å². The number of aromatic nitrogens is 1. The molecule has 7 heteroatoms. The number of thiazole rings is 1. The predicted octanol–water partition coefficient (Wildman–Crippen LogP) is 4.07. The Kier molecular flexibility index (Phi) is 4.85. The van der Waals surface area contributed by atoms with Gasteiger partial charge in [-0.15, -0.1) is 11.3 Å². The van der Waals surface area contributed by atoms with Crippen LogP contribution in [-0.4, -0.2) is 28.0 Å². The molecule has 0 bridgehead atoms. The van der Waals surface area contributed by atoms with E-state index in [1.807, 2.05) is 29.6 Å². The molecule has 0 saturated heterocycles. The SMILES string of the molecule is COc1ccc(-c2csc(N/N=C(\C)c3ccc(O)cc3O)n2)cc1. The van der Waals surface area contributed by atoms with E-state index in [0.717, 1.165) is 17.0 Å². The quantitative estimate of drug-likeness (QED) is 0.474. The molecule has 0 unspecified atom stereocenters. The van der Waals surface area contributed by atoms with Crippen molar-refractivity contribution in [2.24, 2.45) is 5.10 Å². The molecule has 2 aromatic carbocycles. The lowest BCUT2D eigenvalue weighted by atomic mass is 10.1. The van der Waals surface area contributed by atoms with Crippen LogP contribution in [0, 0.1) is 0 Å². The minimum atomic E-state index is -0.0267. The van der Waals surface area contributed by atoms with Crippen LogP contribution >= 0.6 is 11.3 Å². The van der Waals surface area contributed by atoms with E-state index in [1.165, 1.54) is 23.5 Å². The van der Waals surface area contributed by atoms with Crippen molar-refractivity contribution >= 4 is 22.2 Å². The van der Waals surface area contributed by atoms with Crippen LogP contribution in [-0.2, 0) is 0 Å². The third-order valence-corrected chi connectivity index (χ3v) is 4.33. The highest BCUT2D eigenvalue weighted by molar-refractivity contribution is 7.14. The molecule has 0 radical (unpaired) electrons. The van der Waals surface area contributed by atoms with E-state index in [2.05, 4.69) is 15.5 Å². The zero-order valence-corrected chi connectivity index (χ0v) is 14.5. The lowest BCUT2D eigenvalue weighted by Crippen LogP contribution is -2.00. The summed E-state index contributed by atoms with van der Waals surface area (Å²) in [6, 6.07) is 12.0. The van der Waals surface area contributed by atoms with E-state index in [9.17, 15) is 10.2 Å². The second kappa shape index (κ2) is 7.23. The number of anilines is 1. The lowest BCUT2D eigenvalue weighted by molar-refractivity contribution is 0.415. The Morgan fingerprint density at radius 2 is 1.92 bits per heavy atom. The van der Waals surface area contributed by atoms with Gasteiger partial charge in [0.15, 0.2) is 0 Å². The molecule has 0 aliphatic heterocycles. The molecule has 0 fully saturated rings. The number of phenols is 2. The predicted molar refractivity (Wildman–Crippen MR) is 99.7 cm³/mol. The first-order valence-electron chi connectivity index (χ1n) is 7.49. The molecule has 0 amide bonds. The highest BCUT2D eigenvalue weighted by atomic mass is 32.1. The molecular weight excluding hydrogens is 338 g/mol. The van der Waals surface area contributed by atoms with Crippen molar-refractivity contribution in [3.8, 4) is 28.5 Å². The van der Waals surface area contributed by atoms with Gasteiger partial charge >= 0.3 is 0 Å². The van der Waals surface area contributed by atoms with Crippen molar-refractivity contribution in [3.63, 3.8) is 0 Å². The van der Waals surface area contributed by atoms with Gasteiger partial charge in [0.1, 0.15) is 17.2 Å². The Bertz CT molecular complexity index is 904. The summed E-state index contributed by atoms with van der Waals surface area (Å²) in [6.45, 7) is 1.76. The van der Waals surface area contributed by atoms with Gasteiger partial charge in [-0.25, -0.2) is 4.98 Å². The number of phenolic OH excluding ortho intramolecular Hbond substituents is 2. The molecule has 0 spiro atoms. The molecule has 25 heavy (non-hydrogen) atoms. The van der Waals surface area contributed by atoms with Gasteiger partial charge in [0.25, 0.3) is 0 Å². The zero-order chi connectivity index (χ0) is 17.8. The van der Waals surface area contributed by atoms with Crippen LogP contribution < -0.4 is 10.2 Å². The fourth-order valence-corrected chi connectivity index (χ4v) is 2.90. The number of hydrogen-bond donors (Lipinski definition) is 3. The number of nitrogens with one attached hydrogen (secondary N) is 1. The minimum Gasteiger partial charge on any atom is -0.508 e. The first-order valence-corrected chi connectivity index (χ1v) is 8.37. The van der Waals surface area contributed by atoms with Crippen molar-refractivity contribution in [2.75, 3.05) is 12.5 Å². The maximum Gasteiger partial charge on any atom is 0.203 e. The van der Waals surface area contributed by atoms with E-state index in [1.54, 1.807) is 20.1 Å². The number of ether oxygens (including phenoxy) is 1. The number of rotatable bonds is 5. The Morgan fingerprint density at radius 3 is 2.60 bits per heavy atom. The average molecular weight is 355 g/mol. The van der Waals surface area contributed by atoms with Gasteiger partial charge in [-0.2, -0.15) is 5.10 Å². The van der Waals surface area contributed by atoms with Gasteiger partial charge in [0.2, 0.25) is 5.13 Å². The van der Waals surface area contributed by atoms with Crippen molar-refractivity contribution < 1.29 is 14.9 Å². The molecule has 0 atom stereocenters. The van der Waals surface area contributed by atoms with Crippen LogP contribution in [0.2, 0.25) is 0 Å². The van der Waals surface area contributed by atoms with Crippen molar-refractivity contribution in [3.05, 3.63) is 53.4 Å². The fraction of sp³-hybridized carbons (Fsp3) is 0.111. The summed E-state index contributed by atoms with van der Waals surface area (Å²) in [5.41, 5.74) is 5.85. The van der Waals surface area contributed by atoms with Crippen LogP contribution in [0.4, 0.5) is 5.13 Å².